The fraction of sp³-hybridized carbons (Fsp3) is 0.143. The van der Waals surface area contributed by atoms with Crippen LogP contribution in [0.4, 0.5) is 0 Å². The molecule has 0 aliphatic rings. The van der Waals surface area contributed by atoms with Crippen molar-refractivity contribution in [2.45, 2.75) is 19.9 Å². The molecule has 0 bridgehead atoms. The molecule has 1 atom stereocenters. The van der Waals surface area contributed by atoms with Crippen LogP contribution in [0.3, 0.4) is 0 Å². The molecule has 0 saturated carbocycles. The van der Waals surface area contributed by atoms with Crippen LogP contribution in [-0.2, 0) is 0 Å². The van der Waals surface area contributed by atoms with Crippen LogP contribution in [0.5, 0.6) is 0 Å². The van der Waals surface area contributed by atoms with Crippen molar-refractivity contribution in [3.05, 3.63) is 82.9 Å². The lowest BCUT2D eigenvalue weighted by Gasteiger charge is -2.17. The van der Waals surface area contributed by atoms with Crippen LogP contribution in [0.1, 0.15) is 44.8 Å². The van der Waals surface area contributed by atoms with E-state index in [1.807, 2.05) is 38.1 Å². The van der Waals surface area contributed by atoms with Crippen LogP contribution in [-0.4, -0.2) is 12.2 Å². The van der Waals surface area contributed by atoms with Crippen LogP contribution < -0.4 is 5.32 Å². The van der Waals surface area contributed by atoms with E-state index in [1.165, 1.54) is 0 Å². The van der Waals surface area contributed by atoms with Crippen LogP contribution >= 0.6 is 0 Å². The van der Waals surface area contributed by atoms with Gasteiger partial charge in [0.05, 0.1) is 6.04 Å². The highest BCUT2D eigenvalue weighted by molar-refractivity contribution is 5.97. The number of fused-ring (bicyclic) bond motifs is 1. The van der Waals surface area contributed by atoms with Gasteiger partial charge < -0.3 is 5.32 Å². The predicted molar refractivity (Wildman–Crippen MR) is 96.4 cm³/mol. The first-order valence-corrected chi connectivity index (χ1v) is 7.94. The van der Waals surface area contributed by atoms with Gasteiger partial charge in [-0.1, -0.05) is 54.6 Å². The number of benzene rings is 3. The third-order valence-electron chi connectivity index (χ3n) is 4.28. The molecule has 0 radical (unpaired) electrons. The summed E-state index contributed by atoms with van der Waals surface area (Å²) in [7, 11) is 0. The average Bonchev–Trinajstić information content (AvgIpc) is 2.61. The van der Waals surface area contributed by atoms with E-state index in [1.54, 1.807) is 18.2 Å². The predicted octanol–water partition coefficient (Wildman–Crippen LogP) is 4.45. The molecule has 3 rings (SSSR count). The molecule has 3 heteroatoms. The Hall–Kier alpha value is -2.94. The van der Waals surface area contributed by atoms with Gasteiger partial charge in [0.1, 0.15) is 6.29 Å². The lowest BCUT2D eigenvalue weighted by molar-refractivity contribution is 0.0939. The Kier molecular flexibility index (Phi) is 4.43. The molecule has 0 aliphatic carbocycles. The topological polar surface area (TPSA) is 46.2 Å². The van der Waals surface area contributed by atoms with Gasteiger partial charge in [0.2, 0.25) is 0 Å². The second-order valence-electron chi connectivity index (χ2n) is 5.96. The Morgan fingerprint density at radius 2 is 1.79 bits per heavy atom. The molecule has 0 heterocycles. The maximum Gasteiger partial charge on any atom is 0.252 e. The zero-order valence-corrected chi connectivity index (χ0v) is 13.7. The molecule has 0 aliphatic heterocycles. The molecular formula is C21H19NO2. The Morgan fingerprint density at radius 3 is 2.58 bits per heavy atom. The summed E-state index contributed by atoms with van der Waals surface area (Å²) in [6, 6.07) is 19.2. The molecule has 0 fully saturated rings. The van der Waals surface area contributed by atoms with Crippen molar-refractivity contribution in [3.63, 3.8) is 0 Å². The first-order chi connectivity index (χ1) is 11.6. The van der Waals surface area contributed by atoms with Crippen molar-refractivity contribution in [3.8, 4) is 0 Å². The molecule has 0 aromatic heterocycles. The maximum atomic E-state index is 12.6. The average molecular weight is 317 g/mol. The number of aldehydes is 1. The Bertz CT molecular complexity index is 909. The number of rotatable bonds is 4. The smallest absolute Gasteiger partial charge is 0.252 e. The van der Waals surface area contributed by atoms with Crippen molar-refractivity contribution >= 4 is 23.0 Å². The van der Waals surface area contributed by atoms with Crippen LogP contribution in [0.15, 0.2) is 60.7 Å². The molecule has 0 saturated heterocycles. The molecule has 0 spiro atoms. The second kappa shape index (κ2) is 6.67. The summed E-state index contributed by atoms with van der Waals surface area (Å²) in [6.45, 7) is 3.84. The summed E-state index contributed by atoms with van der Waals surface area (Å²) < 4.78 is 0. The van der Waals surface area contributed by atoms with Gasteiger partial charge in [-0.25, -0.2) is 0 Å². The van der Waals surface area contributed by atoms with Crippen molar-refractivity contribution in [1.29, 1.82) is 0 Å². The minimum absolute atomic E-state index is 0.136. The Balaban J connectivity index is 1.90. The molecule has 0 unspecified atom stereocenters. The van der Waals surface area contributed by atoms with E-state index in [9.17, 15) is 9.59 Å². The second-order valence-corrected chi connectivity index (χ2v) is 5.96. The number of amides is 1. The van der Waals surface area contributed by atoms with E-state index in [0.717, 1.165) is 28.2 Å². The number of nitrogens with one attached hydrogen (secondary N) is 1. The van der Waals surface area contributed by atoms with E-state index in [4.69, 9.17) is 0 Å². The van der Waals surface area contributed by atoms with Gasteiger partial charge >= 0.3 is 0 Å². The third kappa shape index (κ3) is 3.06. The largest absolute Gasteiger partial charge is 0.345 e. The van der Waals surface area contributed by atoms with E-state index < -0.39 is 0 Å². The van der Waals surface area contributed by atoms with Gasteiger partial charge in [0.15, 0.2) is 0 Å². The maximum absolute atomic E-state index is 12.6. The van der Waals surface area contributed by atoms with E-state index in [2.05, 4.69) is 23.5 Å². The quantitative estimate of drug-likeness (QED) is 0.723. The molecule has 3 nitrogen and oxygen atoms in total. The molecule has 120 valence electrons. The Labute approximate surface area is 141 Å². The normalized spacial score (nSPS) is 11.9. The zero-order valence-electron chi connectivity index (χ0n) is 13.7. The van der Waals surface area contributed by atoms with Crippen LogP contribution in [0.2, 0.25) is 0 Å². The zero-order chi connectivity index (χ0) is 17.1. The summed E-state index contributed by atoms with van der Waals surface area (Å²) in [4.78, 5) is 23.6. The molecule has 24 heavy (non-hydrogen) atoms. The Morgan fingerprint density at radius 1 is 1.04 bits per heavy atom. The van der Waals surface area contributed by atoms with Crippen molar-refractivity contribution < 1.29 is 9.59 Å². The van der Waals surface area contributed by atoms with Crippen molar-refractivity contribution in [1.82, 2.24) is 5.32 Å². The van der Waals surface area contributed by atoms with Crippen molar-refractivity contribution in [2.75, 3.05) is 0 Å². The molecule has 3 aromatic carbocycles. The van der Waals surface area contributed by atoms with Crippen LogP contribution in [0, 0.1) is 6.92 Å². The lowest BCUT2D eigenvalue weighted by Crippen LogP contribution is -2.27. The lowest BCUT2D eigenvalue weighted by atomic mass is 9.99. The highest BCUT2D eigenvalue weighted by Crippen LogP contribution is 2.24. The number of aryl methyl sites for hydroxylation is 1. The number of hydrogen-bond acceptors (Lipinski definition) is 2. The van der Waals surface area contributed by atoms with Gasteiger partial charge in [-0.3, -0.25) is 9.59 Å². The van der Waals surface area contributed by atoms with E-state index in [0.29, 0.717) is 11.1 Å². The fourth-order valence-electron chi connectivity index (χ4n) is 2.94. The summed E-state index contributed by atoms with van der Waals surface area (Å²) >= 11 is 0. The summed E-state index contributed by atoms with van der Waals surface area (Å²) in [5.41, 5.74) is 2.96. The van der Waals surface area contributed by atoms with Gasteiger partial charge in [-0.05, 0) is 41.8 Å². The van der Waals surface area contributed by atoms with Gasteiger partial charge in [-0.2, -0.15) is 0 Å². The van der Waals surface area contributed by atoms with Crippen molar-refractivity contribution in [2.24, 2.45) is 0 Å². The third-order valence-corrected chi connectivity index (χ3v) is 4.28. The SMILES string of the molecule is Cc1ccc(C=O)cc1C(=O)N[C@H](C)c1cccc2ccccc12. The van der Waals surface area contributed by atoms with E-state index >= 15 is 0 Å². The first-order valence-electron chi connectivity index (χ1n) is 7.94. The fourth-order valence-corrected chi connectivity index (χ4v) is 2.94. The minimum Gasteiger partial charge on any atom is -0.345 e. The van der Waals surface area contributed by atoms with Gasteiger partial charge in [-0.15, -0.1) is 0 Å². The highest BCUT2D eigenvalue weighted by Gasteiger charge is 2.15. The molecule has 1 N–H and O–H groups in total. The van der Waals surface area contributed by atoms with Gasteiger partial charge in [0, 0.05) is 11.1 Å². The number of carbonyl (C=O) groups is 2. The monoisotopic (exact) mass is 317 g/mol. The first kappa shape index (κ1) is 15.9. The molecule has 1 amide bonds. The molecule has 3 aromatic rings. The van der Waals surface area contributed by atoms with Gasteiger partial charge in [0.25, 0.3) is 5.91 Å². The molecular weight excluding hydrogens is 298 g/mol. The summed E-state index contributed by atoms with van der Waals surface area (Å²) in [5, 5.41) is 5.32. The van der Waals surface area contributed by atoms with Crippen LogP contribution in [0.25, 0.3) is 10.8 Å². The summed E-state index contributed by atoms with van der Waals surface area (Å²) in [5.74, 6) is -0.170. The standard InChI is InChI=1S/C21H19NO2/c1-14-10-11-16(13-23)12-20(14)21(24)22-15(2)18-9-5-7-17-6-3-4-8-19(17)18/h3-13,15H,1-2H3,(H,22,24)/t15-/m1/s1. The number of hydrogen-bond donors (Lipinski definition) is 1. The van der Waals surface area contributed by atoms with E-state index in [-0.39, 0.29) is 11.9 Å². The summed E-state index contributed by atoms with van der Waals surface area (Å²) in [6.07, 6.45) is 0.754. The minimum atomic E-state index is -0.170. The highest BCUT2D eigenvalue weighted by atomic mass is 16.1. The number of carbonyl (C=O) groups excluding carboxylic acids is 2.